The van der Waals surface area contributed by atoms with Crippen LogP contribution in [-0.2, 0) is 11.3 Å². The summed E-state index contributed by atoms with van der Waals surface area (Å²) < 4.78 is 5.24. The Hall–Kier alpha value is -2.80. The van der Waals surface area contributed by atoms with E-state index in [1.807, 2.05) is 12.1 Å². The topological polar surface area (TPSA) is 84.4 Å². The Morgan fingerprint density at radius 2 is 1.88 bits per heavy atom. The number of carbonyl (C=O) groups excluding carboxylic acids is 2. The Morgan fingerprint density at radius 3 is 2.62 bits per heavy atom. The molecule has 7 heteroatoms. The number of rotatable bonds is 4. The van der Waals surface area contributed by atoms with Gasteiger partial charge in [-0.1, -0.05) is 0 Å². The number of ether oxygens (including phenoxy) is 1. The quantitative estimate of drug-likeness (QED) is 0.901. The van der Waals surface area contributed by atoms with Gasteiger partial charge in [-0.2, -0.15) is 0 Å². The summed E-state index contributed by atoms with van der Waals surface area (Å²) in [5.41, 5.74) is 1.64. The molecular formula is C17H18N4O3. The van der Waals surface area contributed by atoms with E-state index in [4.69, 9.17) is 4.74 Å². The average Bonchev–Trinajstić information content (AvgIpc) is 2.67. The molecule has 7 nitrogen and oxygen atoms in total. The highest BCUT2D eigenvalue weighted by Gasteiger charge is 2.20. The highest BCUT2D eigenvalue weighted by Crippen LogP contribution is 2.08. The van der Waals surface area contributed by atoms with Crippen molar-refractivity contribution < 1.29 is 14.3 Å². The molecule has 2 amide bonds. The molecule has 1 fully saturated rings. The first-order valence-corrected chi connectivity index (χ1v) is 7.74. The molecule has 24 heavy (non-hydrogen) atoms. The van der Waals surface area contributed by atoms with Crippen molar-refractivity contribution in [1.29, 1.82) is 0 Å². The smallest absolute Gasteiger partial charge is 0.272 e. The Balaban J connectivity index is 1.65. The van der Waals surface area contributed by atoms with Crippen molar-refractivity contribution in [2.24, 2.45) is 0 Å². The second kappa shape index (κ2) is 7.65. The van der Waals surface area contributed by atoms with Crippen LogP contribution in [-0.4, -0.2) is 53.0 Å². The molecule has 0 atom stereocenters. The maximum Gasteiger partial charge on any atom is 0.272 e. The molecule has 3 rings (SSSR count). The first kappa shape index (κ1) is 16.1. The summed E-state index contributed by atoms with van der Waals surface area (Å²) in [4.78, 5) is 34.4. The van der Waals surface area contributed by atoms with E-state index in [1.54, 1.807) is 23.4 Å². The molecule has 0 aromatic carbocycles. The van der Waals surface area contributed by atoms with Gasteiger partial charge >= 0.3 is 0 Å². The van der Waals surface area contributed by atoms with Crippen LogP contribution in [0.3, 0.4) is 0 Å². The van der Waals surface area contributed by atoms with E-state index in [1.165, 1.54) is 12.3 Å². The number of amides is 2. The van der Waals surface area contributed by atoms with Gasteiger partial charge in [0.2, 0.25) is 0 Å². The maximum atomic E-state index is 12.4. The van der Waals surface area contributed by atoms with Crippen molar-refractivity contribution in [3.63, 3.8) is 0 Å². The first-order valence-electron chi connectivity index (χ1n) is 7.74. The van der Waals surface area contributed by atoms with Crippen molar-refractivity contribution >= 4 is 11.8 Å². The lowest BCUT2D eigenvalue weighted by atomic mass is 10.2. The zero-order valence-electron chi connectivity index (χ0n) is 13.1. The molecule has 0 bridgehead atoms. The molecule has 1 N–H and O–H groups in total. The summed E-state index contributed by atoms with van der Waals surface area (Å²) in [7, 11) is 0. The number of pyridine rings is 2. The minimum absolute atomic E-state index is 0.179. The van der Waals surface area contributed by atoms with E-state index >= 15 is 0 Å². The zero-order valence-corrected chi connectivity index (χ0v) is 13.1. The summed E-state index contributed by atoms with van der Waals surface area (Å²) in [6, 6.07) is 6.79. The molecule has 0 saturated carbocycles. The Labute approximate surface area is 139 Å². The van der Waals surface area contributed by atoms with Gasteiger partial charge in [-0.3, -0.25) is 19.6 Å². The van der Waals surface area contributed by atoms with Crippen LogP contribution in [0.1, 0.15) is 26.4 Å². The number of carbonyl (C=O) groups is 2. The van der Waals surface area contributed by atoms with Crippen LogP contribution < -0.4 is 5.32 Å². The summed E-state index contributed by atoms with van der Waals surface area (Å²) in [6.07, 6.45) is 4.83. The third-order valence-corrected chi connectivity index (χ3v) is 3.74. The van der Waals surface area contributed by atoms with Crippen molar-refractivity contribution in [3.05, 3.63) is 59.7 Å². The van der Waals surface area contributed by atoms with Gasteiger partial charge in [0.15, 0.2) is 0 Å². The van der Waals surface area contributed by atoms with Gasteiger partial charge < -0.3 is 15.0 Å². The highest BCUT2D eigenvalue weighted by molar-refractivity contribution is 5.98. The minimum Gasteiger partial charge on any atom is -0.378 e. The second-order valence-corrected chi connectivity index (χ2v) is 5.37. The van der Waals surface area contributed by atoms with E-state index in [2.05, 4.69) is 15.3 Å². The number of hydrogen-bond donors (Lipinski definition) is 1. The number of nitrogens with one attached hydrogen (secondary N) is 1. The molecule has 3 heterocycles. The average molecular weight is 326 g/mol. The van der Waals surface area contributed by atoms with Gasteiger partial charge in [-0.15, -0.1) is 0 Å². The van der Waals surface area contributed by atoms with Gasteiger partial charge in [0.1, 0.15) is 5.69 Å². The van der Waals surface area contributed by atoms with Crippen LogP contribution in [0.15, 0.2) is 42.9 Å². The van der Waals surface area contributed by atoms with Crippen LogP contribution in [0, 0.1) is 0 Å². The van der Waals surface area contributed by atoms with Crippen LogP contribution in [0.25, 0.3) is 0 Å². The second-order valence-electron chi connectivity index (χ2n) is 5.37. The highest BCUT2D eigenvalue weighted by atomic mass is 16.5. The normalized spacial score (nSPS) is 14.2. The maximum absolute atomic E-state index is 12.4. The lowest BCUT2D eigenvalue weighted by Crippen LogP contribution is -2.41. The first-order chi connectivity index (χ1) is 11.7. The monoisotopic (exact) mass is 326 g/mol. The summed E-state index contributed by atoms with van der Waals surface area (Å²) in [5, 5.41) is 2.82. The molecule has 0 unspecified atom stereocenters. The molecule has 1 saturated heterocycles. The van der Waals surface area contributed by atoms with Gasteiger partial charge in [0.25, 0.3) is 11.8 Å². The third kappa shape index (κ3) is 3.94. The fourth-order valence-corrected chi connectivity index (χ4v) is 2.40. The number of nitrogens with zero attached hydrogens (tertiary/aromatic N) is 3. The Morgan fingerprint density at radius 1 is 1.12 bits per heavy atom. The van der Waals surface area contributed by atoms with Crippen molar-refractivity contribution in [2.45, 2.75) is 6.54 Å². The van der Waals surface area contributed by atoms with Crippen molar-refractivity contribution in [2.75, 3.05) is 26.3 Å². The Bertz CT molecular complexity index is 715. The molecule has 0 radical (unpaired) electrons. The summed E-state index contributed by atoms with van der Waals surface area (Å²) in [5.74, 6) is -0.424. The van der Waals surface area contributed by atoms with Gasteiger partial charge in [0.05, 0.1) is 13.2 Å². The van der Waals surface area contributed by atoms with Crippen molar-refractivity contribution in [1.82, 2.24) is 20.2 Å². The van der Waals surface area contributed by atoms with Crippen molar-refractivity contribution in [3.8, 4) is 0 Å². The van der Waals surface area contributed by atoms with Crippen LogP contribution in [0.2, 0.25) is 0 Å². The van der Waals surface area contributed by atoms with Gasteiger partial charge in [0, 0.05) is 43.8 Å². The lowest BCUT2D eigenvalue weighted by molar-refractivity contribution is 0.0299. The molecule has 124 valence electrons. The predicted molar refractivity (Wildman–Crippen MR) is 86.4 cm³/mol. The molecular weight excluding hydrogens is 308 g/mol. The molecule has 0 spiro atoms. The summed E-state index contributed by atoms with van der Waals surface area (Å²) in [6.45, 7) is 2.53. The van der Waals surface area contributed by atoms with Gasteiger partial charge in [-0.05, 0) is 29.8 Å². The number of aromatic nitrogens is 2. The van der Waals surface area contributed by atoms with Crippen LogP contribution >= 0.6 is 0 Å². The molecule has 0 aliphatic carbocycles. The largest absolute Gasteiger partial charge is 0.378 e. The molecule has 1 aliphatic heterocycles. The van der Waals surface area contributed by atoms with Crippen LogP contribution in [0.5, 0.6) is 0 Å². The number of morpholine rings is 1. The summed E-state index contributed by atoms with van der Waals surface area (Å²) >= 11 is 0. The molecule has 1 aliphatic rings. The van der Waals surface area contributed by atoms with E-state index in [9.17, 15) is 9.59 Å². The van der Waals surface area contributed by atoms with E-state index in [0.717, 1.165) is 5.56 Å². The fraction of sp³-hybridized carbons (Fsp3) is 0.294. The standard InChI is InChI=1S/C17H18N4O3/c22-16(20-12-13-1-4-18-5-2-13)14-3-6-19-15(11-14)17(23)21-7-9-24-10-8-21/h1-6,11H,7-10,12H2,(H,20,22). The fourth-order valence-electron chi connectivity index (χ4n) is 2.40. The predicted octanol–water partition coefficient (Wildman–Crippen LogP) is 0.879. The third-order valence-electron chi connectivity index (χ3n) is 3.74. The van der Waals surface area contributed by atoms with E-state index in [0.29, 0.717) is 38.4 Å². The van der Waals surface area contributed by atoms with E-state index in [-0.39, 0.29) is 17.5 Å². The SMILES string of the molecule is O=C(NCc1ccncc1)c1ccnc(C(=O)N2CCOCC2)c1. The van der Waals surface area contributed by atoms with E-state index < -0.39 is 0 Å². The lowest BCUT2D eigenvalue weighted by Gasteiger charge is -2.26. The molecule has 2 aromatic heterocycles. The van der Waals surface area contributed by atoms with Crippen LogP contribution in [0.4, 0.5) is 0 Å². The molecule has 2 aromatic rings. The number of hydrogen-bond acceptors (Lipinski definition) is 5. The Kier molecular flexibility index (Phi) is 5.12. The zero-order chi connectivity index (χ0) is 16.8. The minimum atomic E-state index is -0.245. The van der Waals surface area contributed by atoms with Gasteiger partial charge in [-0.25, -0.2) is 0 Å².